The van der Waals surface area contributed by atoms with E-state index in [1.807, 2.05) is 0 Å². The Labute approximate surface area is 233 Å². The van der Waals surface area contributed by atoms with Crippen LogP contribution in [-0.2, 0) is 35.1 Å². The van der Waals surface area contributed by atoms with Crippen molar-refractivity contribution in [2.75, 3.05) is 19.8 Å². The van der Waals surface area contributed by atoms with Crippen molar-refractivity contribution in [3.63, 3.8) is 0 Å². The number of hydrogen-bond acceptors (Lipinski definition) is 10. The molecule has 224 valence electrons. The van der Waals surface area contributed by atoms with Gasteiger partial charge in [0.05, 0.1) is 0 Å². The molecule has 6 unspecified atom stereocenters. The fraction of sp³-hybridized carbons (Fsp3) is 0.630. The van der Waals surface area contributed by atoms with Crippen LogP contribution in [0.25, 0.3) is 0 Å². The maximum atomic E-state index is 13.0. The summed E-state index contributed by atoms with van der Waals surface area (Å²) in [4.78, 5) is 47.6. The van der Waals surface area contributed by atoms with Gasteiger partial charge in [-0.3, -0.25) is 19.2 Å². The molecule has 0 bridgehead atoms. The van der Waals surface area contributed by atoms with Crippen LogP contribution in [0.15, 0.2) is 24.3 Å². The summed E-state index contributed by atoms with van der Waals surface area (Å²) in [5.41, 5.74) is 0.694. The first kappa shape index (κ1) is 33.1. The monoisotopic (exact) mass is 567 g/mol. The molecule has 2 rings (SSSR count). The third-order valence-corrected chi connectivity index (χ3v) is 6.20. The minimum atomic E-state index is -1.45. The Balaban J connectivity index is 2.03. The number of esters is 1. The molecule has 6 N–H and O–H groups in total. The Morgan fingerprint density at radius 3 is 2.23 bits per heavy atom. The molecule has 13 heteroatoms. The van der Waals surface area contributed by atoms with Gasteiger partial charge < -0.3 is 45.5 Å². The number of carbonyl (C=O) groups excluding carboxylic acids is 4. The molecule has 0 aromatic heterocycles. The summed E-state index contributed by atoms with van der Waals surface area (Å²) >= 11 is 0. The van der Waals surface area contributed by atoms with Crippen molar-refractivity contribution < 1.29 is 48.7 Å². The topological polar surface area (TPSA) is 193 Å². The Bertz CT molecular complexity index is 974. The molecule has 1 fully saturated rings. The number of amides is 3. The quantitative estimate of drug-likeness (QED) is 0.0896. The van der Waals surface area contributed by atoms with Crippen molar-refractivity contribution in [3.8, 4) is 5.75 Å². The molecule has 0 radical (unpaired) electrons. The Hall–Kier alpha value is -3.10. The molecular formula is C27H41N3O10. The standard InChI is InChI=1S/C27H41N3O10/c1-16(32)29-21(14-19-8-10-20(11-9-19)39-18(3)34)26(37)28-15-22-24(35)25(36)23(30-17(2)33)27(40-22)38-13-7-5-4-6-12-31/h8-11,21-25,27,31,35-36H,4-7,12-15H2,1-3H3,(H,28,37)(H,29,32)(H,30,33). The van der Waals surface area contributed by atoms with Gasteiger partial charge in [-0.25, -0.2) is 0 Å². The second kappa shape index (κ2) is 16.9. The maximum absolute atomic E-state index is 13.0. The van der Waals surface area contributed by atoms with E-state index >= 15 is 0 Å². The largest absolute Gasteiger partial charge is 0.427 e. The van der Waals surface area contributed by atoms with Crippen LogP contribution in [0.2, 0.25) is 0 Å². The number of aliphatic hydroxyl groups is 3. The van der Waals surface area contributed by atoms with Crippen LogP contribution in [0.1, 0.15) is 52.0 Å². The first-order valence-corrected chi connectivity index (χ1v) is 13.3. The summed E-state index contributed by atoms with van der Waals surface area (Å²) in [7, 11) is 0. The summed E-state index contributed by atoms with van der Waals surface area (Å²) in [6, 6.07) is 4.49. The number of hydrogen-bond donors (Lipinski definition) is 6. The first-order chi connectivity index (χ1) is 19.0. The van der Waals surface area contributed by atoms with Crippen LogP contribution in [0.3, 0.4) is 0 Å². The van der Waals surface area contributed by atoms with Gasteiger partial charge in [-0.2, -0.15) is 0 Å². The molecule has 1 aromatic carbocycles. The summed E-state index contributed by atoms with van der Waals surface area (Å²) in [6.07, 6.45) is -1.92. The maximum Gasteiger partial charge on any atom is 0.308 e. The van der Waals surface area contributed by atoms with Gasteiger partial charge in [0, 0.05) is 47.0 Å². The molecule has 1 aliphatic rings. The fourth-order valence-corrected chi connectivity index (χ4v) is 4.27. The highest BCUT2D eigenvalue weighted by Gasteiger charge is 2.45. The molecule has 1 heterocycles. The number of unbranched alkanes of at least 4 members (excludes halogenated alkanes) is 3. The fourth-order valence-electron chi connectivity index (χ4n) is 4.27. The third-order valence-electron chi connectivity index (χ3n) is 6.20. The van der Waals surface area contributed by atoms with Gasteiger partial charge >= 0.3 is 5.97 Å². The lowest BCUT2D eigenvalue weighted by molar-refractivity contribution is -0.263. The van der Waals surface area contributed by atoms with E-state index < -0.39 is 60.4 Å². The highest BCUT2D eigenvalue weighted by atomic mass is 16.7. The molecule has 1 saturated heterocycles. The summed E-state index contributed by atoms with van der Waals surface area (Å²) in [5.74, 6) is -1.53. The number of rotatable bonds is 15. The van der Waals surface area contributed by atoms with Crippen molar-refractivity contribution in [2.24, 2.45) is 0 Å². The zero-order valence-corrected chi connectivity index (χ0v) is 23.1. The smallest absolute Gasteiger partial charge is 0.308 e. The van der Waals surface area contributed by atoms with Crippen molar-refractivity contribution >= 4 is 23.7 Å². The van der Waals surface area contributed by atoms with E-state index in [9.17, 15) is 29.4 Å². The second-order valence-corrected chi connectivity index (χ2v) is 9.70. The van der Waals surface area contributed by atoms with E-state index in [-0.39, 0.29) is 26.2 Å². The summed E-state index contributed by atoms with van der Waals surface area (Å²) in [5, 5.41) is 38.1. The number of nitrogens with one attached hydrogen (secondary N) is 3. The number of carbonyl (C=O) groups is 4. The average molecular weight is 568 g/mol. The van der Waals surface area contributed by atoms with Crippen LogP contribution in [-0.4, -0.2) is 95.5 Å². The van der Waals surface area contributed by atoms with E-state index in [0.717, 1.165) is 12.8 Å². The van der Waals surface area contributed by atoms with E-state index in [4.69, 9.17) is 19.3 Å². The van der Waals surface area contributed by atoms with E-state index in [1.165, 1.54) is 20.8 Å². The van der Waals surface area contributed by atoms with E-state index in [2.05, 4.69) is 16.0 Å². The minimum absolute atomic E-state index is 0.111. The van der Waals surface area contributed by atoms with Crippen molar-refractivity contribution in [3.05, 3.63) is 29.8 Å². The molecule has 1 aliphatic heterocycles. The van der Waals surface area contributed by atoms with Gasteiger partial charge in [0.25, 0.3) is 0 Å². The average Bonchev–Trinajstić information content (AvgIpc) is 2.89. The lowest BCUT2D eigenvalue weighted by Crippen LogP contribution is -2.65. The van der Waals surface area contributed by atoms with Crippen LogP contribution < -0.4 is 20.7 Å². The molecule has 1 aromatic rings. The zero-order chi connectivity index (χ0) is 29.7. The van der Waals surface area contributed by atoms with Gasteiger partial charge in [-0.1, -0.05) is 25.0 Å². The van der Waals surface area contributed by atoms with Gasteiger partial charge in [-0.05, 0) is 30.5 Å². The highest BCUT2D eigenvalue weighted by molar-refractivity contribution is 5.87. The van der Waals surface area contributed by atoms with Crippen LogP contribution in [0, 0.1) is 0 Å². The lowest BCUT2D eigenvalue weighted by Gasteiger charge is -2.42. The first-order valence-electron chi connectivity index (χ1n) is 13.3. The van der Waals surface area contributed by atoms with Gasteiger partial charge in [-0.15, -0.1) is 0 Å². The molecule has 6 atom stereocenters. The van der Waals surface area contributed by atoms with Gasteiger partial charge in [0.15, 0.2) is 6.29 Å². The Morgan fingerprint density at radius 1 is 0.950 bits per heavy atom. The zero-order valence-electron chi connectivity index (χ0n) is 23.1. The Morgan fingerprint density at radius 2 is 1.62 bits per heavy atom. The lowest BCUT2D eigenvalue weighted by atomic mass is 9.96. The predicted octanol–water partition coefficient (Wildman–Crippen LogP) is -0.704. The molecule has 0 saturated carbocycles. The van der Waals surface area contributed by atoms with Crippen molar-refractivity contribution in [1.82, 2.24) is 16.0 Å². The molecule has 13 nitrogen and oxygen atoms in total. The van der Waals surface area contributed by atoms with Crippen LogP contribution in [0.5, 0.6) is 5.75 Å². The van der Waals surface area contributed by atoms with E-state index in [0.29, 0.717) is 24.2 Å². The van der Waals surface area contributed by atoms with Crippen molar-refractivity contribution in [2.45, 2.75) is 89.6 Å². The molecule has 0 spiro atoms. The summed E-state index contributed by atoms with van der Waals surface area (Å²) in [6.45, 7) is 3.99. The van der Waals surface area contributed by atoms with Crippen LogP contribution in [0.4, 0.5) is 0 Å². The molecule has 0 aliphatic carbocycles. The number of ether oxygens (including phenoxy) is 3. The number of benzene rings is 1. The normalized spacial score (nSPS) is 23.1. The predicted molar refractivity (Wildman–Crippen MR) is 142 cm³/mol. The van der Waals surface area contributed by atoms with Crippen LogP contribution >= 0.6 is 0 Å². The van der Waals surface area contributed by atoms with Crippen molar-refractivity contribution in [1.29, 1.82) is 0 Å². The summed E-state index contributed by atoms with van der Waals surface area (Å²) < 4.78 is 16.6. The molecular weight excluding hydrogens is 526 g/mol. The number of aliphatic hydroxyl groups excluding tert-OH is 3. The molecule has 3 amide bonds. The highest BCUT2D eigenvalue weighted by Crippen LogP contribution is 2.23. The second-order valence-electron chi connectivity index (χ2n) is 9.70. The molecule has 40 heavy (non-hydrogen) atoms. The van der Waals surface area contributed by atoms with Gasteiger partial charge in [0.2, 0.25) is 17.7 Å². The van der Waals surface area contributed by atoms with E-state index in [1.54, 1.807) is 24.3 Å². The third kappa shape index (κ3) is 11.2. The SMILES string of the molecule is CC(=O)NC(Cc1ccc(OC(C)=O)cc1)C(=O)NCC1OC(OCCCCCCO)C(NC(C)=O)C(O)C1O. The minimum Gasteiger partial charge on any atom is -0.427 e. The van der Waals surface area contributed by atoms with Gasteiger partial charge in [0.1, 0.15) is 36.1 Å². The Kier molecular flexibility index (Phi) is 14.0.